The van der Waals surface area contributed by atoms with Gasteiger partial charge in [0.05, 0.1) is 5.56 Å². The molecule has 2 nitrogen and oxygen atoms in total. The normalized spacial score (nSPS) is 21.8. The van der Waals surface area contributed by atoms with E-state index in [0.717, 1.165) is 28.3 Å². The van der Waals surface area contributed by atoms with Gasteiger partial charge in [-0.25, -0.2) is 0 Å². The summed E-state index contributed by atoms with van der Waals surface area (Å²) in [6, 6.07) is 15.2. The highest BCUT2D eigenvalue weighted by Gasteiger charge is 2.33. The van der Waals surface area contributed by atoms with Gasteiger partial charge in [-0.05, 0) is 48.3 Å². The fraction of sp³-hybridized carbons (Fsp3) is 0.231. The number of rotatable bonds is 3. The number of ketones is 1. The first-order chi connectivity index (χ1) is 14.8. The van der Waals surface area contributed by atoms with Gasteiger partial charge in [-0.15, -0.1) is 0 Å². The molecule has 0 saturated carbocycles. The number of nitrogens with zero attached hydrogens (tertiary/aromatic N) is 1. The van der Waals surface area contributed by atoms with Crippen molar-refractivity contribution in [3.63, 3.8) is 0 Å². The summed E-state index contributed by atoms with van der Waals surface area (Å²) in [5, 5.41) is 0. The molecule has 0 fully saturated rings. The van der Waals surface area contributed by atoms with Crippen LogP contribution in [0.3, 0.4) is 0 Å². The van der Waals surface area contributed by atoms with Crippen molar-refractivity contribution >= 4 is 12.0 Å². The fourth-order valence-electron chi connectivity index (χ4n) is 4.33. The molecule has 4 rings (SSSR count). The third kappa shape index (κ3) is 4.18. The summed E-state index contributed by atoms with van der Waals surface area (Å²) in [5.41, 5.74) is 3.96. The first-order valence-electron chi connectivity index (χ1n) is 10.1. The topological polar surface area (TPSA) is 29.4 Å². The van der Waals surface area contributed by atoms with E-state index in [9.17, 15) is 18.0 Å². The number of dihydropyridines is 1. The zero-order valence-corrected chi connectivity index (χ0v) is 17.3. The monoisotopic (exact) mass is 421 g/mol. The maximum atomic E-state index is 13.2. The lowest BCUT2D eigenvalue weighted by Crippen LogP contribution is -2.21. The molecule has 2 aromatic carbocycles. The fourth-order valence-corrected chi connectivity index (χ4v) is 4.33. The summed E-state index contributed by atoms with van der Waals surface area (Å²) in [4.78, 5) is 17.5. The highest BCUT2D eigenvalue weighted by atomic mass is 19.4. The molecule has 2 aliphatic rings. The van der Waals surface area contributed by atoms with Gasteiger partial charge in [0.2, 0.25) is 0 Å². The van der Waals surface area contributed by atoms with Crippen molar-refractivity contribution in [1.82, 2.24) is 0 Å². The van der Waals surface area contributed by atoms with E-state index in [1.54, 1.807) is 25.3 Å². The van der Waals surface area contributed by atoms with Crippen LogP contribution in [-0.4, -0.2) is 18.5 Å². The third-order valence-electron chi connectivity index (χ3n) is 5.86. The van der Waals surface area contributed by atoms with E-state index < -0.39 is 17.7 Å². The largest absolute Gasteiger partial charge is 0.416 e. The molecule has 0 radical (unpaired) electrons. The Hall–Kier alpha value is -3.21. The summed E-state index contributed by atoms with van der Waals surface area (Å²) in [6.45, 7) is 4.24. The van der Waals surface area contributed by atoms with E-state index in [-0.39, 0.29) is 11.7 Å². The van der Waals surface area contributed by atoms with Gasteiger partial charge in [-0.1, -0.05) is 60.2 Å². The molecule has 1 heterocycles. The van der Waals surface area contributed by atoms with Gasteiger partial charge in [-0.2, -0.15) is 13.2 Å². The summed E-state index contributed by atoms with van der Waals surface area (Å²) in [5.74, 6) is -0.590. The number of benzene rings is 2. The van der Waals surface area contributed by atoms with Crippen LogP contribution in [0.2, 0.25) is 0 Å². The summed E-state index contributed by atoms with van der Waals surface area (Å²) < 4.78 is 39.7. The number of carbonyl (C=O) groups excluding carboxylic acids is 1. The molecular formula is C26H22F3NO. The first-order valence-corrected chi connectivity index (χ1v) is 10.1. The maximum Gasteiger partial charge on any atom is 0.416 e. The van der Waals surface area contributed by atoms with Crippen molar-refractivity contribution in [2.24, 2.45) is 4.99 Å². The lowest BCUT2D eigenvalue weighted by molar-refractivity contribution is -0.137. The molecule has 0 N–H and O–H groups in total. The van der Waals surface area contributed by atoms with Crippen LogP contribution in [0.25, 0.3) is 0 Å². The van der Waals surface area contributed by atoms with Gasteiger partial charge < -0.3 is 0 Å². The van der Waals surface area contributed by atoms with Crippen LogP contribution >= 0.6 is 0 Å². The van der Waals surface area contributed by atoms with E-state index in [1.165, 1.54) is 12.1 Å². The van der Waals surface area contributed by atoms with E-state index >= 15 is 0 Å². The van der Waals surface area contributed by atoms with Crippen molar-refractivity contribution in [3.05, 3.63) is 106 Å². The highest BCUT2D eigenvalue weighted by Crippen LogP contribution is 2.41. The number of halogens is 3. The van der Waals surface area contributed by atoms with Crippen LogP contribution in [0.5, 0.6) is 0 Å². The molecule has 2 aromatic rings. The summed E-state index contributed by atoms with van der Waals surface area (Å²) in [6.07, 6.45) is 0.727. The van der Waals surface area contributed by atoms with Gasteiger partial charge >= 0.3 is 6.18 Å². The predicted octanol–water partition coefficient (Wildman–Crippen LogP) is 6.43. The quantitative estimate of drug-likeness (QED) is 0.562. The predicted molar refractivity (Wildman–Crippen MR) is 116 cm³/mol. The molecule has 2 unspecified atom stereocenters. The second-order valence-corrected chi connectivity index (χ2v) is 7.99. The number of hydrogen-bond donors (Lipinski definition) is 0. The zero-order chi connectivity index (χ0) is 22.2. The Morgan fingerprint density at radius 2 is 1.68 bits per heavy atom. The van der Waals surface area contributed by atoms with Crippen molar-refractivity contribution in [3.8, 4) is 0 Å². The second-order valence-electron chi connectivity index (χ2n) is 7.99. The molecular weight excluding hydrogens is 399 g/mol. The van der Waals surface area contributed by atoms with Crippen molar-refractivity contribution in [1.29, 1.82) is 0 Å². The summed E-state index contributed by atoms with van der Waals surface area (Å²) >= 11 is 0. The van der Waals surface area contributed by atoms with E-state index in [1.807, 2.05) is 43.3 Å². The molecule has 0 aromatic heterocycles. The number of carbonyl (C=O) groups is 1. The van der Waals surface area contributed by atoms with E-state index in [0.29, 0.717) is 17.7 Å². The van der Waals surface area contributed by atoms with Gasteiger partial charge in [0, 0.05) is 30.2 Å². The second kappa shape index (κ2) is 8.14. The average Bonchev–Trinajstić information content (AvgIpc) is 2.74. The highest BCUT2D eigenvalue weighted by molar-refractivity contribution is 6.10. The molecule has 1 aliphatic heterocycles. The average molecular weight is 421 g/mol. The zero-order valence-electron chi connectivity index (χ0n) is 17.3. The lowest BCUT2D eigenvalue weighted by atomic mass is 9.76. The number of alkyl halides is 3. The molecule has 0 saturated heterocycles. The van der Waals surface area contributed by atoms with Crippen LogP contribution in [0.15, 0.2) is 94.0 Å². The number of allylic oxidation sites excluding steroid dienone is 5. The number of hydrogen-bond acceptors (Lipinski definition) is 2. The number of aliphatic imine (C=N–C) groups is 1. The standard InChI is InChI=1S/C26H22F3NO/c1-16-11-24(31)22(13-21(16)19-9-6-10-20(12-19)26(27,28)29)25-17(2)14-30-15-23(25)18-7-4-3-5-8-18/h3-14,21,23H,15H2,1-2H3. The van der Waals surface area contributed by atoms with E-state index in [4.69, 9.17) is 0 Å². The molecule has 1 aliphatic carbocycles. The lowest BCUT2D eigenvalue weighted by Gasteiger charge is -2.29. The van der Waals surface area contributed by atoms with Crippen LogP contribution in [-0.2, 0) is 11.0 Å². The van der Waals surface area contributed by atoms with Crippen LogP contribution < -0.4 is 0 Å². The van der Waals surface area contributed by atoms with Gasteiger partial charge in [-0.3, -0.25) is 9.79 Å². The minimum Gasteiger partial charge on any atom is -0.292 e. The Morgan fingerprint density at radius 3 is 2.39 bits per heavy atom. The Kier molecular flexibility index (Phi) is 5.52. The van der Waals surface area contributed by atoms with Crippen LogP contribution in [0.4, 0.5) is 13.2 Å². The molecule has 0 bridgehead atoms. The van der Waals surface area contributed by atoms with Gasteiger partial charge in [0.1, 0.15) is 0 Å². The minimum atomic E-state index is -4.41. The van der Waals surface area contributed by atoms with E-state index in [2.05, 4.69) is 4.99 Å². The Labute approximate surface area is 179 Å². The van der Waals surface area contributed by atoms with Crippen LogP contribution in [0, 0.1) is 0 Å². The SMILES string of the molecule is CC1=CC(=O)C(C2=C(C)C=NCC2c2ccccc2)=CC1c1cccc(C(F)(F)F)c1. The van der Waals surface area contributed by atoms with Crippen molar-refractivity contribution in [2.45, 2.75) is 31.9 Å². The van der Waals surface area contributed by atoms with Crippen molar-refractivity contribution < 1.29 is 18.0 Å². The van der Waals surface area contributed by atoms with Gasteiger partial charge in [0.25, 0.3) is 0 Å². The smallest absolute Gasteiger partial charge is 0.292 e. The van der Waals surface area contributed by atoms with Gasteiger partial charge in [0.15, 0.2) is 5.78 Å². The third-order valence-corrected chi connectivity index (χ3v) is 5.86. The Morgan fingerprint density at radius 1 is 0.968 bits per heavy atom. The molecule has 2 atom stereocenters. The molecule has 0 amide bonds. The maximum absolute atomic E-state index is 13.2. The van der Waals surface area contributed by atoms with Crippen molar-refractivity contribution in [2.75, 3.05) is 6.54 Å². The van der Waals surface area contributed by atoms with Crippen LogP contribution in [0.1, 0.15) is 42.4 Å². The molecule has 0 spiro atoms. The molecule has 158 valence electrons. The minimum absolute atomic E-state index is 0.0737. The Bertz CT molecular complexity index is 1140. The summed E-state index contributed by atoms with van der Waals surface area (Å²) in [7, 11) is 0. The molecule has 31 heavy (non-hydrogen) atoms. The first kappa shape index (κ1) is 21.0. The Balaban J connectivity index is 1.80. The molecule has 5 heteroatoms.